The van der Waals surface area contributed by atoms with Crippen molar-refractivity contribution in [2.24, 2.45) is 11.8 Å². The first-order valence-electron chi connectivity index (χ1n) is 10.1. The van der Waals surface area contributed by atoms with Crippen LogP contribution in [0.4, 0.5) is 0 Å². The second-order valence-electron chi connectivity index (χ2n) is 8.09. The number of nitrogens with one attached hydrogen (secondary N) is 1. The van der Waals surface area contributed by atoms with Crippen LogP contribution >= 0.6 is 0 Å². The Morgan fingerprint density at radius 1 is 0.966 bits per heavy atom. The summed E-state index contributed by atoms with van der Waals surface area (Å²) in [6.45, 7) is 8.75. The van der Waals surface area contributed by atoms with Crippen LogP contribution in [0.1, 0.15) is 20.3 Å². The first-order valence-corrected chi connectivity index (χ1v) is 13.0. The molecule has 2 fully saturated rings. The van der Waals surface area contributed by atoms with Gasteiger partial charge in [0, 0.05) is 39.3 Å². The van der Waals surface area contributed by atoms with E-state index < -0.39 is 20.0 Å². The number of rotatable bonds is 7. The topological polar surface area (TPSA) is 96.0 Å². The Morgan fingerprint density at radius 2 is 1.52 bits per heavy atom. The number of nitrogens with zero attached hydrogens (tertiary/aromatic N) is 2. The Hall–Kier alpha value is -1.04. The summed E-state index contributed by atoms with van der Waals surface area (Å²) < 4.78 is 59.6. The molecule has 2 heterocycles. The van der Waals surface area contributed by atoms with E-state index >= 15 is 0 Å². The van der Waals surface area contributed by atoms with Gasteiger partial charge in [-0.1, -0.05) is 13.8 Å². The Morgan fingerprint density at radius 3 is 2.10 bits per heavy atom. The molecule has 1 N–H and O–H groups in total. The van der Waals surface area contributed by atoms with E-state index in [1.165, 1.54) is 35.0 Å². The molecule has 0 aromatic heterocycles. The van der Waals surface area contributed by atoms with Crippen LogP contribution in [0.3, 0.4) is 0 Å². The molecule has 3 rings (SSSR count). The van der Waals surface area contributed by atoms with E-state index in [4.69, 9.17) is 4.74 Å². The predicted octanol–water partition coefficient (Wildman–Crippen LogP) is 0.964. The van der Waals surface area contributed by atoms with Crippen molar-refractivity contribution in [3.8, 4) is 0 Å². The number of piperidine rings is 1. The normalized spacial score (nSPS) is 25.2. The van der Waals surface area contributed by atoms with Crippen molar-refractivity contribution in [3.05, 3.63) is 24.3 Å². The van der Waals surface area contributed by atoms with E-state index in [9.17, 15) is 16.8 Å². The minimum Gasteiger partial charge on any atom is -0.379 e. The molecule has 0 amide bonds. The monoisotopic (exact) mass is 445 g/mol. The maximum atomic E-state index is 12.6. The largest absolute Gasteiger partial charge is 0.379 e. The van der Waals surface area contributed by atoms with Gasteiger partial charge < -0.3 is 9.64 Å². The van der Waals surface area contributed by atoms with Crippen molar-refractivity contribution in [2.75, 3.05) is 52.5 Å². The fourth-order valence-electron chi connectivity index (χ4n) is 4.12. The molecule has 2 atom stereocenters. The van der Waals surface area contributed by atoms with Gasteiger partial charge in [-0.3, -0.25) is 0 Å². The molecule has 0 radical (unpaired) electrons. The second-order valence-corrected chi connectivity index (χ2v) is 11.8. The summed E-state index contributed by atoms with van der Waals surface area (Å²) in [6.07, 6.45) is 1.21. The smallest absolute Gasteiger partial charge is 0.243 e. The number of ether oxygens (including phenoxy) is 1. The fourth-order valence-corrected chi connectivity index (χ4v) is 6.55. The van der Waals surface area contributed by atoms with E-state index in [0.29, 0.717) is 51.2 Å². The lowest BCUT2D eigenvalue weighted by molar-refractivity contribution is 0.0730. The molecular formula is C19H31N3O5S2. The summed E-state index contributed by atoms with van der Waals surface area (Å²) in [7, 11) is -7.32. The van der Waals surface area contributed by atoms with Gasteiger partial charge in [0.25, 0.3) is 0 Å². The lowest BCUT2D eigenvalue weighted by atomic mass is 9.92. The maximum absolute atomic E-state index is 12.6. The number of hydrogen-bond acceptors (Lipinski definition) is 6. The van der Waals surface area contributed by atoms with Crippen LogP contribution < -0.4 is 4.72 Å². The third kappa shape index (κ3) is 5.77. The molecule has 8 nitrogen and oxygen atoms in total. The molecule has 29 heavy (non-hydrogen) atoms. The molecule has 0 saturated carbocycles. The Labute approximate surface area is 174 Å². The van der Waals surface area contributed by atoms with Crippen LogP contribution in [0, 0.1) is 11.8 Å². The van der Waals surface area contributed by atoms with E-state index in [-0.39, 0.29) is 9.79 Å². The molecule has 1 aromatic rings. The van der Waals surface area contributed by atoms with Gasteiger partial charge in [0.2, 0.25) is 20.0 Å². The van der Waals surface area contributed by atoms with Crippen LogP contribution in [0.2, 0.25) is 0 Å². The van der Waals surface area contributed by atoms with Gasteiger partial charge in [0.15, 0.2) is 0 Å². The quantitative estimate of drug-likeness (QED) is 0.672. The average Bonchev–Trinajstić information content (AvgIpc) is 2.68. The molecule has 0 bridgehead atoms. The zero-order valence-electron chi connectivity index (χ0n) is 17.1. The number of benzene rings is 1. The highest BCUT2D eigenvalue weighted by molar-refractivity contribution is 7.89. The summed E-state index contributed by atoms with van der Waals surface area (Å²) in [4.78, 5) is 2.45. The standard InChI is InChI=1S/C19H31N3O5S2/c1-16-13-17(2)15-21(14-16)8-7-20-28(23,24)18-3-5-19(6-4-18)29(25,26)22-9-11-27-12-10-22/h3-6,16-17,20H,7-15H2,1-2H3/t16-,17+. The zero-order valence-corrected chi connectivity index (χ0v) is 18.7. The average molecular weight is 446 g/mol. The number of hydrogen-bond donors (Lipinski definition) is 1. The first-order chi connectivity index (χ1) is 13.7. The molecule has 164 valence electrons. The Kier molecular flexibility index (Phi) is 7.34. The third-order valence-electron chi connectivity index (χ3n) is 5.41. The van der Waals surface area contributed by atoms with Crippen molar-refractivity contribution in [1.82, 2.24) is 13.9 Å². The van der Waals surface area contributed by atoms with E-state index in [1.807, 2.05) is 0 Å². The van der Waals surface area contributed by atoms with Crippen molar-refractivity contribution in [1.29, 1.82) is 0 Å². The van der Waals surface area contributed by atoms with Gasteiger partial charge in [-0.2, -0.15) is 4.31 Å². The highest BCUT2D eigenvalue weighted by Gasteiger charge is 2.27. The van der Waals surface area contributed by atoms with Gasteiger partial charge in [-0.05, 0) is 42.5 Å². The fraction of sp³-hybridized carbons (Fsp3) is 0.684. The lowest BCUT2D eigenvalue weighted by Gasteiger charge is -2.34. The molecule has 2 aliphatic rings. The SMILES string of the molecule is C[C@@H]1C[C@H](C)CN(CCNS(=O)(=O)c2ccc(S(=O)(=O)N3CCOCC3)cc2)C1. The summed E-state index contributed by atoms with van der Waals surface area (Å²) in [5.74, 6) is 1.24. The molecule has 0 unspecified atom stereocenters. The van der Waals surface area contributed by atoms with Gasteiger partial charge >= 0.3 is 0 Å². The van der Waals surface area contributed by atoms with Crippen LogP contribution in [-0.4, -0.2) is 78.5 Å². The molecule has 1 aromatic carbocycles. The maximum Gasteiger partial charge on any atom is 0.243 e. The molecule has 0 spiro atoms. The van der Waals surface area contributed by atoms with E-state index in [2.05, 4.69) is 23.5 Å². The number of likely N-dealkylation sites (tertiary alicyclic amines) is 1. The van der Waals surface area contributed by atoms with Gasteiger partial charge in [0.05, 0.1) is 23.0 Å². The van der Waals surface area contributed by atoms with E-state index in [0.717, 1.165) is 13.1 Å². The Balaban J connectivity index is 1.59. The van der Waals surface area contributed by atoms with Crippen LogP contribution in [0.5, 0.6) is 0 Å². The Bertz CT molecular complexity index is 871. The van der Waals surface area contributed by atoms with Gasteiger partial charge in [-0.15, -0.1) is 0 Å². The van der Waals surface area contributed by atoms with Gasteiger partial charge in [0.1, 0.15) is 0 Å². The van der Waals surface area contributed by atoms with Crippen molar-refractivity contribution >= 4 is 20.0 Å². The van der Waals surface area contributed by atoms with E-state index in [1.54, 1.807) is 0 Å². The second kappa shape index (κ2) is 9.40. The minimum absolute atomic E-state index is 0.0683. The highest BCUT2D eigenvalue weighted by Crippen LogP contribution is 2.21. The molecule has 2 saturated heterocycles. The lowest BCUT2D eigenvalue weighted by Crippen LogP contribution is -2.42. The first kappa shape index (κ1) is 22.6. The molecule has 0 aliphatic carbocycles. The van der Waals surface area contributed by atoms with Crippen molar-refractivity contribution in [3.63, 3.8) is 0 Å². The van der Waals surface area contributed by atoms with Crippen LogP contribution in [-0.2, 0) is 24.8 Å². The summed E-state index contributed by atoms with van der Waals surface area (Å²) >= 11 is 0. The molecule has 10 heteroatoms. The summed E-state index contributed by atoms with van der Waals surface area (Å²) in [6, 6.07) is 5.40. The predicted molar refractivity (Wildman–Crippen MR) is 111 cm³/mol. The minimum atomic E-state index is -3.68. The van der Waals surface area contributed by atoms with Crippen LogP contribution in [0.25, 0.3) is 0 Å². The molecular weight excluding hydrogens is 414 g/mol. The van der Waals surface area contributed by atoms with Crippen LogP contribution in [0.15, 0.2) is 34.1 Å². The zero-order chi connectivity index (χ0) is 21.1. The third-order valence-corrected chi connectivity index (χ3v) is 8.80. The summed E-state index contributed by atoms with van der Waals surface area (Å²) in [5, 5.41) is 0. The number of morpholine rings is 1. The van der Waals surface area contributed by atoms with Crippen molar-refractivity contribution in [2.45, 2.75) is 30.1 Å². The van der Waals surface area contributed by atoms with Crippen molar-refractivity contribution < 1.29 is 21.6 Å². The highest BCUT2D eigenvalue weighted by atomic mass is 32.2. The summed E-state index contributed by atoms with van der Waals surface area (Å²) in [5.41, 5.74) is 0. The van der Waals surface area contributed by atoms with Gasteiger partial charge in [-0.25, -0.2) is 21.6 Å². The molecule has 2 aliphatic heterocycles. The number of sulfonamides is 2.